The van der Waals surface area contributed by atoms with E-state index in [9.17, 15) is 13.2 Å². The summed E-state index contributed by atoms with van der Waals surface area (Å²) >= 11 is 0. The largest absolute Gasteiger partial charge is 0.408 e. The van der Waals surface area contributed by atoms with Crippen LogP contribution >= 0.6 is 0 Å². The average molecular weight is 426 g/mol. The molecule has 0 bridgehead atoms. The van der Waals surface area contributed by atoms with Crippen molar-refractivity contribution in [3.8, 4) is 22.3 Å². The zero-order valence-electron chi connectivity index (χ0n) is 16.5. The van der Waals surface area contributed by atoms with Gasteiger partial charge in [-0.05, 0) is 24.6 Å². The van der Waals surface area contributed by atoms with Crippen LogP contribution < -0.4 is 5.32 Å². The second kappa shape index (κ2) is 6.83. The van der Waals surface area contributed by atoms with E-state index in [2.05, 4.69) is 30.5 Å². The van der Waals surface area contributed by atoms with Crippen LogP contribution in [0, 0.1) is 0 Å². The summed E-state index contributed by atoms with van der Waals surface area (Å²) in [6, 6.07) is 2.15. The molecule has 0 aliphatic heterocycles. The van der Waals surface area contributed by atoms with Gasteiger partial charge in [-0.25, -0.2) is 9.50 Å². The molecule has 1 atom stereocenters. The number of hydrogen-bond donors (Lipinski definition) is 2. The van der Waals surface area contributed by atoms with Crippen molar-refractivity contribution in [3.05, 3.63) is 49.3 Å². The van der Waals surface area contributed by atoms with Gasteiger partial charge in [-0.1, -0.05) is 0 Å². The number of nitrogens with zero attached hydrogens (tertiary/aromatic N) is 6. The maximum Gasteiger partial charge on any atom is 0.408 e. The SMILES string of the molecule is CC(Nc1ncc2c(-c3ccn4ncc(-c5cnn(C)c5)c4c3)c[nH]c2n1)C(F)(F)F. The summed E-state index contributed by atoms with van der Waals surface area (Å²) < 4.78 is 41.9. The molecule has 5 aromatic heterocycles. The summed E-state index contributed by atoms with van der Waals surface area (Å²) in [4.78, 5) is 11.3. The number of H-pyrrole nitrogens is 1. The van der Waals surface area contributed by atoms with Crippen LogP contribution in [0.15, 0.2) is 49.3 Å². The molecule has 0 aliphatic carbocycles. The Morgan fingerprint density at radius 1 is 1.10 bits per heavy atom. The van der Waals surface area contributed by atoms with Crippen LogP contribution in [0.1, 0.15) is 6.92 Å². The summed E-state index contributed by atoms with van der Waals surface area (Å²) in [6.07, 6.45) is 6.23. The van der Waals surface area contributed by atoms with E-state index in [1.807, 2.05) is 31.6 Å². The van der Waals surface area contributed by atoms with Crippen LogP contribution in [-0.2, 0) is 7.05 Å². The normalized spacial score (nSPS) is 13.2. The summed E-state index contributed by atoms with van der Waals surface area (Å²) in [5.74, 6) is -0.0872. The van der Waals surface area contributed by atoms with E-state index < -0.39 is 12.2 Å². The Morgan fingerprint density at radius 2 is 1.94 bits per heavy atom. The summed E-state index contributed by atoms with van der Waals surface area (Å²) in [5, 5.41) is 11.6. The lowest BCUT2D eigenvalue weighted by molar-refractivity contribution is -0.138. The standard InChI is InChI=1S/C20H17F3N8/c1-11(20(21,22)23)28-19-25-8-16-14(7-24-18(16)29-19)12-3-4-31-17(5-12)15(9-27-31)13-6-26-30(2)10-13/h3-11H,1-2H3,(H2,24,25,28,29). The number of halogens is 3. The molecule has 5 aromatic rings. The lowest BCUT2D eigenvalue weighted by atomic mass is 10.1. The van der Waals surface area contributed by atoms with Crippen LogP contribution in [0.4, 0.5) is 19.1 Å². The van der Waals surface area contributed by atoms with Gasteiger partial charge in [0.25, 0.3) is 0 Å². The Labute approximate surface area is 173 Å². The van der Waals surface area contributed by atoms with Gasteiger partial charge in [0.15, 0.2) is 0 Å². The monoisotopic (exact) mass is 426 g/mol. The molecule has 0 spiro atoms. The zero-order chi connectivity index (χ0) is 21.8. The van der Waals surface area contributed by atoms with E-state index in [4.69, 9.17) is 0 Å². The van der Waals surface area contributed by atoms with Gasteiger partial charge in [-0.15, -0.1) is 0 Å². The molecule has 0 amide bonds. The van der Waals surface area contributed by atoms with Crippen LogP contribution in [0.2, 0.25) is 0 Å². The van der Waals surface area contributed by atoms with Crippen molar-refractivity contribution in [1.82, 2.24) is 34.3 Å². The first-order valence-corrected chi connectivity index (χ1v) is 9.44. The Hall–Kier alpha value is -3.89. The minimum atomic E-state index is -4.38. The third-order valence-electron chi connectivity index (χ3n) is 5.12. The van der Waals surface area contributed by atoms with Crippen molar-refractivity contribution >= 4 is 22.5 Å². The molecule has 158 valence electrons. The van der Waals surface area contributed by atoms with E-state index in [-0.39, 0.29) is 5.95 Å². The van der Waals surface area contributed by atoms with Crippen molar-refractivity contribution in [2.24, 2.45) is 7.05 Å². The molecule has 0 saturated carbocycles. The Bertz CT molecular complexity index is 1390. The average Bonchev–Trinajstić information content (AvgIpc) is 3.44. The van der Waals surface area contributed by atoms with Crippen LogP contribution in [0.3, 0.4) is 0 Å². The predicted octanol–water partition coefficient (Wildman–Crippen LogP) is 4.04. The Balaban J connectivity index is 1.53. The highest BCUT2D eigenvalue weighted by Gasteiger charge is 2.36. The predicted molar refractivity (Wildman–Crippen MR) is 109 cm³/mol. The molecule has 11 heteroatoms. The van der Waals surface area contributed by atoms with E-state index >= 15 is 0 Å². The van der Waals surface area contributed by atoms with Gasteiger partial charge in [0.2, 0.25) is 5.95 Å². The van der Waals surface area contributed by atoms with Gasteiger partial charge in [0.1, 0.15) is 11.7 Å². The van der Waals surface area contributed by atoms with E-state index in [0.717, 1.165) is 34.7 Å². The van der Waals surface area contributed by atoms with E-state index in [0.29, 0.717) is 11.0 Å². The fraction of sp³-hybridized carbons (Fsp3) is 0.200. The number of hydrogen-bond acceptors (Lipinski definition) is 5. The maximum atomic E-state index is 12.8. The smallest absolute Gasteiger partial charge is 0.345 e. The number of nitrogens with one attached hydrogen (secondary N) is 2. The van der Waals surface area contributed by atoms with Crippen molar-refractivity contribution in [1.29, 1.82) is 0 Å². The topological polar surface area (TPSA) is 88.7 Å². The first-order valence-electron chi connectivity index (χ1n) is 9.44. The van der Waals surface area contributed by atoms with Gasteiger partial charge in [-0.2, -0.15) is 28.4 Å². The summed E-state index contributed by atoms with van der Waals surface area (Å²) in [7, 11) is 1.85. The molecule has 2 N–H and O–H groups in total. The van der Waals surface area contributed by atoms with Gasteiger partial charge >= 0.3 is 6.18 Å². The highest BCUT2D eigenvalue weighted by Crippen LogP contribution is 2.32. The Morgan fingerprint density at radius 3 is 2.68 bits per heavy atom. The first kappa shape index (κ1) is 19.1. The Kier molecular flexibility index (Phi) is 4.20. The lowest BCUT2D eigenvalue weighted by Gasteiger charge is -2.16. The van der Waals surface area contributed by atoms with Crippen LogP contribution in [0.25, 0.3) is 38.8 Å². The van der Waals surface area contributed by atoms with Gasteiger partial charge in [-0.3, -0.25) is 4.68 Å². The van der Waals surface area contributed by atoms with Crippen LogP contribution in [0.5, 0.6) is 0 Å². The molecule has 31 heavy (non-hydrogen) atoms. The molecule has 1 unspecified atom stereocenters. The minimum absolute atomic E-state index is 0.0872. The number of aromatic amines is 1. The van der Waals surface area contributed by atoms with Crippen molar-refractivity contribution in [3.63, 3.8) is 0 Å². The molecule has 0 fully saturated rings. The number of alkyl halides is 3. The number of rotatable bonds is 4. The second-order valence-electron chi connectivity index (χ2n) is 7.27. The molecule has 0 saturated heterocycles. The third-order valence-corrected chi connectivity index (χ3v) is 5.12. The molecule has 5 rings (SSSR count). The summed E-state index contributed by atoms with van der Waals surface area (Å²) in [5.41, 5.74) is 4.98. The highest BCUT2D eigenvalue weighted by molar-refractivity contribution is 5.95. The number of pyridine rings is 1. The quantitative estimate of drug-likeness (QED) is 0.453. The zero-order valence-corrected chi connectivity index (χ0v) is 16.5. The third kappa shape index (κ3) is 3.37. The molecular formula is C20H17F3N8. The highest BCUT2D eigenvalue weighted by atomic mass is 19.4. The van der Waals surface area contributed by atoms with Gasteiger partial charge < -0.3 is 10.3 Å². The first-order chi connectivity index (χ1) is 14.8. The fourth-order valence-electron chi connectivity index (χ4n) is 3.42. The molecule has 0 aliphatic rings. The minimum Gasteiger partial charge on any atom is -0.345 e. The molecule has 8 nitrogen and oxygen atoms in total. The van der Waals surface area contributed by atoms with Gasteiger partial charge in [0.05, 0.1) is 17.9 Å². The number of fused-ring (bicyclic) bond motifs is 2. The van der Waals surface area contributed by atoms with E-state index in [1.165, 1.54) is 6.20 Å². The molecule has 5 heterocycles. The van der Waals surface area contributed by atoms with E-state index in [1.54, 1.807) is 27.8 Å². The van der Waals surface area contributed by atoms with Crippen molar-refractivity contribution in [2.45, 2.75) is 19.1 Å². The lowest BCUT2D eigenvalue weighted by Crippen LogP contribution is -2.33. The molecular weight excluding hydrogens is 409 g/mol. The molecule has 0 aromatic carbocycles. The number of anilines is 1. The van der Waals surface area contributed by atoms with Crippen molar-refractivity contribution in [2.75, 3.05) is 5.32 Å². The number of aryl methyl sites for hydroxylation is 1. The van der Waals surface area contributed by atoms with Crippen LogP contribution in [-0.4, -0.2) is 46.6 Å². The number of aromatic nitrogens is 7. The second-order valence-corrected chi connectivity index (χ2v) is 7.27. The summed E-state index contributed by atoms with van der Waals surface area (Å²) in [6.45, 7) is 1.02. The molecule has 0 radical (unpaired) electrons. The maximum absolute atomic E-state index is 12.8. The van der Waals surface area contributed by atoms with Crippen molar-refractivity contribution < 1.29 is 13.2 Å². The fourth-order valence-corrected chi connectivity index (χ4v) is 3.42. The van der Waals surface area contributed by atoms with Gasteiger partial charge in [0, 0.05) is 53.9 Å².